The van der Waals surface area contributed by atoms with Gasteiger partial charge in [-0.25, -0.2) is 0 Å². The molecule has 0 saturated carbocycles. The van der Waals surface area contributed by atoms with E-state index in [1.165, 1.54) is 11.3 Å². The van der Waals surface area contributed by atoms with Gasteiger partial charge in [0, 0.05) is 30.0 Å². The molecule has 0 aliphatic carbocycles. The number of fused-ring (bicyclic) bond motifs is 1. The molecule has 3 heteroatoms. The van der Waals surface area contributed by atoms with E-state index < -0.39 is 0 Å². The maximum atomic E-state index is 5.88. The van der Waals surface area contributed by atoms with E-state index in [0.29, 0.717) is 0 Å². The highest BCUT2D eigenvalue weighted by molar-refractivity contribution is 5.59. The van der Waals surface area contributed by atoms with Gasteiger partial charge in [0.05, 0.1) is 7.11 Å². The lowest BCUT2D eigenvalue weighted by Gasteiger charge is -2.21. The second kappa shape index (κ2) is 4.84. The highest BCUT2D eigenvalue weighted by Crippen LogP contribution is 2.31. The van der Waals surface area contributed by atoms with Gasteiger partial charge in [-0.3, -0.25) is 0 Å². The fourth-order valence-corrected chi connectivity index (χ4v) is 2.70. The molecular weight excluding hydrogens is 236 g/mol. The molecule has 1 aliphatic heterocycles. The molecule has 2 aromatic rings. The second-order valence-corrected chi connectivity index (χ2v) is 4.87. The van der Waals surface area contributed by atoms with Gasteiger partial charge in [-0.2, -0.15) is 0 Å². The van der Waals surface area contributed by atoms with E-state index in [2.05, 4.69) is 29.2 Å². The van der Waals surface area contributed by atoms with Crippen LogP contribution in [-0.2, 0) is 13.0 Å². The molecule has 0 unspecified atom stereocenters. The standard InChI is InChI=1S/C16H18N2O/c1-19-16-7-6-14(17)10-13(16)11-18-9-8-12-4-2-3-5-15(12)18/h2-7,10H,8-9,11,17H2,1H3. The molecule has 0 radical (unpaired) electrons. The first-order chi connectivity index (χ1) is 9.28. The van der Waals surface area contributed by atoms with Gasteiger partial charge in [-0.15, -0.1) is 0 Å². The van der Waals surface area contributed by atoms with Gasteiger partial charge in [0.15, 0.2) is 0 Å². The lowest BCUT2D eigenvalue weighted by molar-refractivity contribution is 0.409. The molecule has 3 rings (SSSR count). The van der Waals surface area contributed by atoms with Crippen LogP contribution in [0.15, 0.2) is 42.5 Å². The van der Waals surface area contributed by atoms with Crippen LogP contribution in [0.3, 0.4) is 0 Å². The van der Waals surface area contributed by atoms with Crippen LogP contribution >= 0.6 is 0 Å². The smallest absolute Gasteiger partial charge is 0.123 e. The Kier molecular flexibility index (Phi) is 3.03. The third kappa shape index (κ3) is 2.24. The van der Waals surface area contributed by atoms with Crippen molar-refractivity contribution >= 4 is 11.4 Å². The summed E-state index contributed by atoms with van der Waals surface area (Å²) in [6.45, 7) is 1.89. The molecule has 2 N–H and O–H groups in total. The topological polar surface area (TPSA) is 38.5 Å². The Balaban J connectivity index is 1.89. The Morgan fingerprint density at radius 1 is 1.21 bits per heavy atom. The van der Waals surface area contributed by atoms with E-state index in [1.54, 1.807) is 7.11 Å². The van der Waals surface area contributed by atoms with Crippen LogP contribution in [0, 0.1) is 0 Å². The first kappa shape index (κ1) is 11.9. The molecule has 0 saturated heterocycles. The van der Waals surface area contributed by atoms with Crippen molar-refractivity contribution in [2.45, 2.75) is 13.0 Å². The Morgan fingerprint density at radius 3 is 2.89 bits per heavy atom. The fraction of sp³-hybridized carbons (Fsp3) is 0.250. The summed E-state index contributed by atoms with van der Waals surface area (Å²) in [6, 6.07) is 14.4. The van der Waals surface area contributed by atoms with Gasteiger partial charge in [0.1, 0.15) is 5.75 Å². The number of methoxy groups -OCH3 is 1. The van der Waals surface area contributed by atoms with Gasteiger partial charge < -0.3 is 15.4 Å². The van der Waals surface area contributed by atoms with E-state index in [-0.39, 0.29) is 0 Å². The average molecular weight is 254 g/mol. The Labute approximate surface area is 113 Å². The molecule has 0 fully saturated rings. The van der Waals surface area contributed by atoms with Gasteiger partial charge in [0.2, 0.25) is 0 Å². The van der Waals surface area contributed by atoms with E-state index in [9.17, 15) is 0 Å². The van der Waals surface area contributed by atoms with Gasteiger partial charge in [0.25, 0.3) is 0 Å². The number of para-hydroxylation sites is 1. The van der Waals surface area contributed by atoms with Crippen molar-refractivity contribution in [3.8, 4) is 5.75 Å². The average Bonchev–Trinajstić information content (AvgIpc) is 2.83. The zero-order valence-electron chi connectivity index (χ0n) is 11.1. The SMILES string of the molecule is COc1ccc(N)cc1CN1CCc2ccccc21. The minimum Gasteiger partial charge on any atom is -0.496 e. The Hall–Kier alpha value is -2.16. The van der Waals surface area contributed by atoms with Gasteiger partial charge in [-0.05, 0) is 36.2 Å². The summed E-state index contributed by atoms with van der Waals surface area (Å²) < 4.78 is 5.42. The van der Waals surface area contributed by atoms with Crippen molar-refractivity contribution in [2.75, 3.05) is 24.3 Å². The summed E-state index contributed by atoms with van der Waals surface area (Å²) in [5.41, 5.74) is 10.5. The first-order valence-electron chi connectivity index (χ1n) is 6.53. The lowest BCUT2D eigenvalue weighted by Crippen LogP contribution is -2.20. The molecule has 0 amide bonds. The molecule has 1 heterocycles. The van der Waals surface area contributed by atoms with Crippen molar-refractivity contribution in [1.82, 2.24) is 0 Å². The molecule has 1 aliphatic rings. The monoisotopic (exact) mass is 254 g/mol. The maximum absolute atomic E-state index is 5.88. The zero-order chi connectivity index (χ0) is 13.2. The van der Waals surface area contributed by atoms with Gasteiger partial charge >= 0.3 is 0 Å². The van der Waals surface area contributed by atoms with Crippen LogP contribution in [-0.4, -0.2) is 13.7 Å². The maximum Gasteiger partial charge on any atom is 0.123 e. The molecule has 3 nitrogen and oxygen atoms in total. The predicted octanol–water partition coefficient (Wildman–Crippen LogP) is 2.84. The number of nitrogens with zero attached hydrogens (tertiary/aromatic N) is 1. The number of rotatable bonds is 3. The largest absolute Gasteiger partial charge is 0.496 e. The van der Waals surface area contributed by atoms with Gasteiger partial charge in [-0.1, -0.05) is 18.2 Å². The summed E-state index contributed by atoms with van der Waals surface area (Å²) in [7, 11) is 1.70. The number of anilines is 2. The zero-order valence-corrected chi connectivity index (χ0v) is 11.1. The first-order valence-corrected chi connectivity index (χ1v) is 6.53. The van der Waals surface area contributed by atoms with Crippen LogP contribution in [0.2, 0.25) is 0 Å². The fourth-order valence-electron chi connectivity index (χ4n) is 2.70. The molecule has 2 aromatic carbocycles. The van der Waals surface area contributed by atoms with Crippen LogP contribution in [0.25, 0.3) is 0 Å². The van der Waals surface area contributed by atoms with Crippen LogP contribution < -0.4 is 15.4 Å². The molecule has 0 atom stereocenters. The van der Waals surface area contributed by atoms with Crippen molar-refractivity contribution in [3.05, 3.63) is 53.6 Å². The normalized spacial score (nSPS) is 13.4. The summed E-state index contributed by atoms with van der Waals surface area (Å²) in [4.78, 5) is 2.38. The van der Waals surface area contributed by atoms with E-state index in [0.717, 1.165) is 36.5 Å². The molecular formula is C16H18N2O. The molecule has 98 valence electrons. The molecule has 19 heavy (non-hydrogen) atoms. The lowest BCUT2D eigenvalue weighted by atomic mass is 10.1. The number of nitrogens with two attached hydrogens (primary N) is 1. The van der Waals surface area contributed by atoms with Crippen molar-refractivity contribution in [3.63, 3.8) is 0 Å². The number of benzene rings is 2. The van der Waals surface area contributed by atoms with Crippen LogP contribution in [0.1, 0.15) is 11.1 Å². The third-order valence-electron chi connectivity index (χ3n) is 3.65. The molecule has 0 aromatic heterocycles. The number of hydrogen-bond donors (Lipinski definition) is 1. The minimum atomic E-state index is 0.781. The predicted molar refractivity (Wildman–Crippen MR) is 78.6 cm³/mol. The summed E-state index contributed by atoms with van der Waals surface area (Å²) in [5.74, 6) is 0.901. The molecule has 0 bridgehead atoms. The van der Waals surface area contributed by atoms with Crippen molar-refractivity contribution in [2.24, 2.45) is 0 Å². The number of hydrogen-bond acceptors (Lipinski definition) is 3. The van der Waals surface area contributed by atoms with Crippen molar-refractivity contribution < 1.29 is 4.74 Å². The highest BCUT2D eigenvalue weighted by Gasteiger charge is 2.19. The minimum absolute atomic E-state index is 0.781. The second-order valence-electron chi connectivity index (χ2n) is 4.87. The van der Waals surface area contributed by atoms with Crippen LogP contribution in [0.4, 0.5) is 11.4 Å². The summed E-state index contributed by atoms with van der Waals surface area (Å²) in [6.07, 6.45) is 1.11. The number of nitrogen functional groups attached to an aromatic ring is 1. The van der Waals surface area contributed by atoms with Crippen LogP contribution in [0.5, 0.6) is 5.75 Å². The number of ether oxygens (including phenoxy) is 1. The summed E-state index contributed by atoms with van der Waals surface area (Å²) >= 11 is 0. The quantitative estimate of drug-likeness (QED) is 0.856. The van der Waals surface area contributed by atoms with Crippen molar-refractivity contribution in [1.29, 1.82) is 0 Å². The van der Waals surface area contributed by atoms with E-state index >= 15 is 0 Å². The molecule has 0 spiro atoms. The Morgan fingerprint density at radius 2 is 2.05 bits per heavy atom. The van der Waals surface area contributed by atoms with E-state index in [4.69, 9.17) is 10.5 Å². The highest BCUT2D eigenvalue weighted by atomic mass is 16.5. The Bertz CT molecular complexity index is 595. The third-order valence-corrected chi connectivity index (χ3v) is 3.65. The van der Waals surface area contributed by atoms with E-state index in [1.807, 2.05) is 18.2 Å². The summed E-state index contributed by atoms with van der Waals surface area (Å²) in [5, 5.41) is 0.